The molecule has 0 spiro atoms. The quantitative estimate of drug-likeness (QED) is 0.860. The van der Waals surface area contributed by atoms with E-state index in [2.05, 4.69) is 32.6 Å². The van der Waals surface area contributed by atoms with E-state index in [9.17, 15) is 9.59 Å². The molecule has 0 aliphatic carbocycles. The van der Waals surface area contributed by atoms with Crippen molar-refractivity contribution in [2.24, 2.45) is 0 Å². The monoisotopic (exact) mass is 398 g/mol. The van der Waals surface area contributed by atoms with E-state index >= 15 is 0 Å². The number of amides is 2. The molecule has 1 aromatic carbocycles. The first-order valence-electron chi connectivity index (χ1n) is 9.78. The molecule has 2 aliphatic heterocycles. The molecular formula is C21H26N4O2S. The molecule has 4 rings (SSSR count). The van der Waals surface area contributed by atoms with Gasteiger partial charge in [0.1, 0.15) is 0 Å². The van der Waals surface area contributed by atoms with Gasteiger partial charge in [-0.05, 0) is 30.5 Å². The molecule has 2 amide bonds. The lowest BCUT2D eigenvalue weighted by molar-refractivity contribution is -0.120. The van der Waals surface area contributed by atoms with Gasteiger partial charge in [0.2, 0.25) is 11.8 Å². The SMILES string of the molecule is CC1CC(=O)Nc2ccccc2N1C(=O)CN1CCN(Cc2cccs2)CC1. The van der Waals surface area contributed by atoms with Crippen LogP contribution in [-0.2, 0) is 16.1 Å². The third kappa shape index (κ3) is 4.27. The molecule has 148 valence electrons. The first kappa shape index (κ1) is 19.1. The summed E-state index contributed by atoms with van der Waals surface area (Å²) in [5.74, 6) is 0.0144. The van der Waals surface area contributed by atoms with Crippen LogP contribution >= 0.6 is 11.3 Å². The van der Waals surface area contributed by atoms with Gasteiger partial charge in [-0.3, -0.25) is 19.4 Å². The second kappa shape index (κ2) is 8.43. The first-order valence-corrected chi connectivity index (χ1v) is 10.7. The number of fused-ring (bicyclic) bond motifs is 1. The lowest BCUT2D eigenvalue weighted by Gasteiger charge is -2.36. The number of anilines is 2. The second-order valence-electron chi connectivity index (χ2n) is 7.51. The molecular weight excluding hydrogens is 372 g/mol. The van der Waals surface area contributed by atoms with E-state index in [-0.39, 0.29) is 17.9 Å². The smallest absolute Gasteiger partial charge is 0.241 e. The van der Waals surface area contributed by atoms with Crippen LogP contribution < -0.4 is 10.2 Å². The molecule has 28 heavy (non-hydrogen) atoms. The van der Waals surface area contributed by atoms with Crippen molar-refractivity contribution < 1.29 is 9.59 Å². The summed E-state index contributed by atoms with van der Waals surface area (Å²) in [6.07, 6.45) is 0.314. The molecule has 0 bridgehead atoms. The van der Waals surface area contributed by atoms with Gasteiger partial charge >= 0.3 is 0 Å². The fourth-order valence-electron chi connectivity index (χ4n) is 3.96. The Bertz CT molecular complexity index is 831. The van der Waals surface area contributed by atoms with E-state index in [0.717, 1.165) is 38.4 Å². The second-order valence-corrected chi connectivity index (χ2v) is 8.55. The van der Waals surface area contributed by atoms with Crippen LogP contribution in [0.5, 0.6) is 0 Å². The van der Waals surface area contributed by atoms with Gasteiger partial charge in [-0.25, -0.2) is 0 Å². The molecule has 0 radical (unpaired) electrons. The Kier molecular flexibility index (Phi) is 5.75. The molecule has 1 saturated heterocycles. The zero-order chi connectivity index (χ0) is 19.5. The van der Waals surface area contributed by atoms with E-state index in [0.29, 0.717) is 18.7 Å². The maximum Gasteiger partial charge on any atom is 0.241 e. The predicted molar refractivity (Wildman–Crippen MR) is 113 cm³/mol. The molecule has 1 atom stereocenters. The molecule has 1 unspecified atom stereocenters. The summed E-state index contributed by atoms with van der Waals surface area (Å²) in [7, 11) is 0. The number of nitrogens with zero attached hydrogens (tertiary/aromatic N) is 3. The molecule has 3 heterocycles. The summed E-state index contributed by atoms with van der Waals surface area (Å²) in [5, 5.41) is 5.03. The van der Waals surface area contributed by atoms with Crippen molar-refractivity contribution in [2.75, 3.05) is 42.9 Å². The van der Waals surface area contributed by atoms with Crippen LogP contribution in [0.3, 0.4) is 0 Å². The molecule has 1 aromatic heterocycles. The lowest BCUT2D eigenvalue weighted by atomic mass is 10.1. The summed E-state index contributed by atoms with van der Waals surface area (Å²) < 4.78 is 0. The number of piperazine rings is 1. The van der Waals surface area contributed by atoms with Crippen molar-refractivity contribution in [2.45, 2.75) is 25.9 Å². The Labute approximate surface area is 169 Å². The van der Waals surface area contributed by atoms with Gasteiger partial charge in [0.15, 0.2) is 0 Å². The maximum absolute atomic E-state index is 13.2. The summed E-state index contributed by atoms with van der Waals surface area (Å²) in [6, 6.07) is 11.7. The Morgan fingerprint density at radius 3 is 2.61 bits per heavy atom. The van der Waals surface area contributed by atoms with Crippen LogP contribution in [-0.4, -0.2) is 60.4 Å². The van der Waals surface area contributed by atoms with E-state index in [1.807, 2.05) is 31.2 Å². The average Bonchev–Trinajstić information content (AvgIpc) is 3.13. The highest BCUT2D eigenvalue weighted by Gasteiger charge is 2.31. The number of thiophene rings is 1. The summed E-state index contributed by atoms with van der Waals surface area (Å²) in [4.78, 5) is 33.1. The standard InChI is InChI=1S/C21H26N4O2S/c1-16-13-20(26)22-18-6-2-3-7-19(18)25(16)21(27)15-24-10-8-23(9-11-24)14-17-5-4-12-28-17/h2-7,12,16H,8-11,13-15H2,1H3,(H,22,26). The lowest BCUT2D eigenvalue weighted by Crippen LogP contribution is -2.51. The minimum absolute atomic E-state index is 0.0440. The van der Waals surface area contributed by atoms with E-state index < -0.39 is 0 Å². The van der Waals surface area contributed by atoms with Crippen LogP contribution in [0.2, 0.25) is 0 Å². The molecule has 1 fully saturated rings. The van der Waals surface area contributed by atoms with E-state index in [1.54, 1.807) is 16.2 Å². The highest BCUT2D eigenvalue weighted by molar-refractivity contribution is 7.09. The highest BCUT2D eigenvalue weighted by atomic mass is 32.1. The zero-order valence-corrected chi connectivity index (χ0v) is 17.0. The van der Waals surface area contributed by atoms with Crippen LogP contribution in [0.15, 0.2) is 41.8 Å². The number of benzene rings is 1. The van der Waals surface area contributed by atoms with Crippen molar-refractivity contribution in [1.82, 2.24) is 9.80 Å². The third-order valence-electron chi connectivity index (χ3n) is 5.41. The van der Waals surface area contributed by atoms with Gasteiger partial charge in [0, 0.05) is 50.1 Å². The normalized spacial score (nSPS) is 21.1. The van der Waals surface area contributed by atoms with Crippen molar-refractivity contribution in [3.8, 4) is 0 Å². The van der Waals surface area contributed by atoms with Gasteiger partial charge in [-0.2, -0.15) is 0 Å². The van der Waals surface area contributed by atoms with Gasteiger partial charge in [0.05, 0.1) is 17.9 Å². The Morgan fingerprint density at radius 1 is 1.11 bits per heavy atom. The predicted octanol–water partition coefficient (Wildman–Crippen LogP) is 2.63. The molecule has 7 heteroatoms. The fourth-order valence-corrected chi connectivity index (χ4v) is 4.71. The summed E-state index contributed by atoms with van der Waals surface area (Å²) in [6.45, 7) is 7.03. The van der Waals surface area contributed by atoms with Gasteiger partial charge in [-0.15, -0.1) is 11.3 Å². The number of carbonyl (C=O) groups excluding carboxylic acids is 2. The van der Waals surface area contributed by atoms with Crippen molar-refractivity contribution in [3.63, 3.8) is 0 Å². The fraction of sp³-hybridized carbons (Fsp3) is 0.429. The number of carbonyl (C=O) groups is 2. The topological polar surface area (TPSA) is 55.9 Å². The first-order chi connectivity index (χ1) is 13.6. The molecule has 1 N–H and O–H groups in total. The minimum Gasteiger partial charge on any atom is -0.324 e. The largest absolute Gasteiger partial charge is 0.324 e. The van der Waals surface area contributed by atoms with Crippen LogP contribution in [0, 0.1) is 0 Å². The van der Waals surface area contributed by atoms with Gasteiger partial charge in [0.25, 0.3) is 0 Å². The molecule has 2 aliphatic rings. The maximum atomic E-state index is 13.2. The Morgan fingerprint density at radius 2 is 1.86 bits per heavy atom. The Hall–Kier alpha value is -2.22. The zero-order valence-electron chi connectivity index (χ0n) is 16.1. The number of rotatable bonds is 4. The number of hydrogen-bond donors (Lipinski definition) is 1. The van der Waals surface area contributed by atoms with Crippen LogP contribution in [0.4, 0.5) is 11.4 Å². The number of para-hydroxylation sites is 2. The van der Waals surface area contributed by atoms with E-state index in [4.69, 9.17) is 0 Å². The highest BCUT2D eigenvalue weighted by Crippen LogP contribution is 2.31. The summed E-state index contributed by atoms with van der Waals surface area (Å²) >= 11 is 1.79. The van der Waals surface area contributed by atoms with Crippen molar-refractivity contribution in [3.05, 3.63) is 46.7 Å². The van der Waals surface area contributed by atoms with Gasteiger partial charge in [-0.1, -0.05) is 18.2 Å². The van der Waals surface area contributed by atoms with Crippen molar-refractivity contribution >= 4 is 34.5 Å². The summed E-state index contributed by atoms with van der Waals surface area (Å²) in [5.41, 5.74) is 1.51. The molecule has 2 aromatic rings. The van der Waals surface area contributed by atoms with Crippen molar-refractivity contribution in [1.29, 1.82) is 0 Å². The third-order valence-corrected chi connectivity index (χ3v) is 6.27. The van der Waals surface area contributed by atoms with E-state index in [1.165, 1.54) is 4.88 Å². The van der Waals surface area contributed by atoms with Gasteiger partial charge < -0.3 is 10.2 Å². The number of nitrogens with one attached hydrogen (secondary N) is 1. The average molecular weight is 399 g/mol. The van der Waals surface area contributed by atoms with Crippen LogP contribution in [0.25, 0.3) is 0 Å². The molecule has 0 saturated carbocycles. The van der Waals surface area contributed by atoms with Crippen LogP contribution in [0.1, 0.15) is 18.2 Å². The number of hydrogen-bond acceptors (Lipinski definition) is 5. The Balaban J connectivity index is 1.39. The molecule has 6 nitrogen and oxygen atoms in total. The minimum atomic E-state index is -0.156.